The summed E-state index contributed by atoms with van der Waals surface area (Å²) in [6.45, 7) is 2.84. The number of hydrogen-bond acceptors (Lipinski definition) is 6. The molecule has 2 aromatic carbocycles. The van der Waals surface area contributed by atoms with Crippen molar-refractivity contribution in [3.8, 4) is 0 Å². The number of hydrogen-bond donors (Lipinski definition) is 7. The normalized spacial score (nSPS) is 13.2. The Morgan fingerprint density at radius 1 is 0.795 bits per heavy atom. The number of carbonyl (C=O) groups excluding carboxylic acids is 2. The van der Waals surface area contributed by atoms with Crippen molar-refractivity contribution in [3.63, 3.8) is 0 Å². The molecule has 0 aromatic heterocycles. The maximum Gasteiger partial charge on any atom is 0.326 e. The van der Waals surface area contributed by atoms with E-state index in [0.29, 0.717) is 32.4 Å². The molecule has 3 amide bonds. The lowest BCUT2D eigenvalue weighted by molar-refractivity contribution is -0.140. The summed E-state index contributed by atoms with van der Waals surface area (Å²) in [5.74, 6) is -4.11. The minimum atomic E-state index is -1.47. The van der Waals surface area contributed by atoms with Gasteiger partial charge in [-0.2, -0.15) is 0 Å². The van der Waals surface area contributed by atoms with Gasteiger partial charge in [0.15, 0.2) is 0 Å². The molecule has 0 spiro atoms. The summed E-state index contributed by atoms with van der Waals surface area (Å²) in [5.41, 5.74) is 1.02. The summed E-state index contributed by atoms with van der Waals surface area (Å²) in [5, 5.41) is 39.8. The Morgan fingerprint density at radius 3 is 2.05 bits per heavy atom. The molecule has 39 heavy (non-hydrogen) atoms. The van der Waals surface area contributed by atoms with Gasteiger partial charge in [-0.25, -0.2) is 14.4 Å². The quantitative estimate of drug-likeness (QED) is 0.145. The van der Waals surface area contributed by atoms with Crippen LogP contribution in [0.5, 0.6) is 0 Å². The summed E-state index contributed by atoms with van der Waals surface area (Å²) >= 11 is 0. The number of benzene rings is 2. The number of carboxylic acids is 3. The number of aliphatic carboxylic acids is 3. The van der Waals surface area contributed by atoms with E-state index in [4.69, 9.17) is 10.2 Å². The van der Waals surface area contributed by atoms with Crippen molar-refractivity contribution in [1.82, 2.24) is 21.3 Å². The molecule has 0 bridgehead atoms. The molecule has 7 N–H and O–H groups in total. The van der Waals surface area contributed by atoms with E-state index in [-0.39, 0.29) is 18.7 Å². The van der Waals surface area contributed by atoms with Gasteiger partial charge in [-0.3, -0.25) is 9.59 Å². The zero-order valence-electron chi connectivity index (χ0n) is 21.8. The first-order chi connectivity index (χ1) is 18.6. The van der Waals surface area contributed by atoms with Crippen molar-refractivity contribution in [2.75, 3.05) is 13.1 Å². The summed E-state index contributed by atoms with van der Waals surface area (Å²) < 4.78 is 0. The van der Waals surface area contributed by atoms with E-state index >= 15 is 0 Å². The molecule has 2 aromatic rings. The number of urea groups is 1. The van der Waals surface area contributed by atoms with Gasteiger partial charge in [-0.1, -0.05) is 49.4 Å². The fraction of sp³-hybridized carbons (Fsp3) is 0.444. The lowest BCUT2D eigenvalue weighted by Gasteiger charge is -2.19. The second-order valence-corrected chi connectivity index (χ2v) is 9.11. The molecular weight excluding hydrogens is 508 g/mol. The molecule has 0 saturated carbocycles. The molecule has 12 heteroatoms. The second-order valence-electron chi connectivity index (χ2n) is 9.11. The number of carboxylic acid groups (broad SMARTS) is 3. The van der Waals surface area contributed by atoms with Gasteiger partial charge in [-0.05, 0) is 55.0 Å². The molecular formula is C27H36N4O8. The van der Waals surface area contributed by atoms with Crippen LogP contribution in [-0.2, 0) is 25.6 Å². The van der Waals surface area contributed by atoms with Gasteiger partial charge in [0.1, 0.15) is 12.1 Å². The molecule has 0 saturated heterocycles. The zero-order valence-corrected chi connectivity index (χ0v) is 21.8. The highest BCUT2D eigenvalue weighted by Crippen LogP contribution is 2.17. The van der Waals surface area contributed by atoms with Crippen LogP contribution in [0.2, 0.25) is 0 Å². The summed E-state index contributed by atoms with van der Waals surface area (Å²) in [6, 6.07) is 9.87. The maximum absolute atomic E-state index is 12.8. The Kier molecular flexibility index (Phi) is 12.7. The van der Waals surface area contributed by atoms with Crippen molar-refractivity contribution in [2.45, 2.75) is 63.6 Å². The van der Waals surface area contributed by atoms with Gasteiger partial charge in [0, 0.05) is 13.0 Å². The SMILES string of the molecule is CCNC(Cc1ccc2ccccc2c1)C(=O)NCCCCC(NC(=O)NC(CCC(=O)O)C(=O)O)C(=O)O. The van der Waals surface area contributed by atoms with E-state index in [1.54, 1.807) is 0 Å². The highest BCUT2D eigenvalue weighted by molar-refractivity contribution is 5.86. The number of fused-ring (bicyclic) bond motifs is 1. The highest BCUT2D eigenvalue weighted by Gasteiger charge is 2.25. The van der Waals surface area contributed by atoms with Crippen LogP contribution in [0.25, 0.3) is 10.8 Å². The van der Waals surface area contributed by atoms with E-state index in [2.05, 4.69) is 27.3 Å². The molecule has 0 radical (unpaired) electrons. The molecule has 0 aliphatic rings. The van der Waals surface area contributed by atoms with E-state index in [1.807, 2.05) is 43.3 Å². The van der Waals surface area contributed by atoms with Crippen molar-refractivity contribution >= 4 is 40.6 Å². The first-order valence-electron chi connectivity index (χ1n) is 12.8. The lowest BCUT2D eigenvalue weighted by atomic mass is 10.0. The van der Waals surface area contributed by atoms with Crippen LogP contribution in [0.3, 0.4) is 0 Å². The summed E-state index contributed by atoms with van der Waals surface area (Å²) in [4.78, 5) is 58.3. The topological polar surface area (TPSA) is 194 Å². The largest absolute Gasteiger partial charge is 0.481 e. The van der Waals surface area contributed by atoms with E-state index < -0.39 is 48.5 Å². The van der Waals surface area contributed by atoms with Crippen LogP contribution >= 0.6 is 0 Å². The van der Waals surface area contributed by atoms with Crippen LogP contribution in [0.15, 0.2) is 42.5 Å². The first-order valence-corrected chi connectivity index (χ1v) is 12.8. The minimum Gasteiger partial charge on any atom is -0.481 e. The molecule has 0 aliphatic carbocycles. The third-order valence-corrected chi connectivity index (χ3v) is 6.09. The number of carbonyl (C=O) groups is 5. The third-order valence-electron chi connectivity index (χ3n) is 6.09. The average Bonchev–Trinajstić information content (AvgIpc) is 2.89. The molecule has 0 aliphatic heterocycles. The molecule has 12 nitrogen and oxygen atoms in total. The fourth-order valence-corrected chi connectivity index (χ4v) is 4.05. The van der Waals surface area contributed by atoms with Gasteiger partial charge in [0.2, 0.25) is 5.91 Å². The molecule has 3 atom stereocenters. The first kappa shape index (κ1) is 31.0. The van der Waals surface area contributed by atoms with Crippen LogP contribution in [0, 0.1) is 0 Å². The number of unbranched alkanes of at least 4 members (excludes halogenated alkanes) is 1. The van der Waals surface area contributed by atoms with Gasteiger partial charge < -0.3 is 36.6 Å². The van der Waals surface area contributed by atoms with Crippen molar-refractivity contribution in [3.05, 3.63) is 48.0 Å². The molecule has 0 heterocycles. The Balaban J connectivity index is 1.80. The molecule has 0 fully saturated rings. The van der Waals surface area contributed by atoms with Gasteiger partial charge in [-0.15, -0.1) is 0 Å². The predicted octanol–water partition coefficient (Wildman–Crippen LogP) is 1.72. The number of rotatable bonds is 17. The Labute approximate surface area is 226 Å². The van der Waals surface area contributed by atoms with Crippen molar-refractivity contribution in [1.29, 1.82) is 0 Å². The molecule has 212 valence electrons. The lowest BCUT2D eigenvalue weighted by Crippen LogP contribution is -2.51. The Bertz CT molecular complexity index is 1160. The van der Waals surface area contributed by atoms with Crippen molar-refractivity contribution < 1.29 is 39.3 Å². The van der Waals surface area contributed by atoms with Gasteiger partial charge in [0.05, 0.1) is 6.04 Å². The Morgan fingerprint density at radius 2 is 1.44 bits per heavy atom. The maximum atomic E-state index is 12.8. The van der Waals surface area contributed by atoms with Crippen LogP contribution < -0.4 is 21.3 Å². The smallest absolute Gasteiger partial charge is 0.326 e. The standard InChI is InChI=1S/C27H36N4O8/c1-2-28-22(16-17-10-11-18-7-3-4-8-19(18)15-17)24(34)29-14-6-5-9-20(25(35)36)30-27(39)31-21(26(37)38)12-13-23(32)33/h3-4,7-8,10-11,15,20-22,28H,2,5-6,9,12-14,16H2,1H3,(H,29,34)(H,32,33)(H,35,36)(H,37,38)(H2,30,31,39). The minimum absolute atomic E-state index is 0.0548. The van der Waals surface area contributed by atoms with Crippen LogP contribution in [0.1, 0.15) is 44.6 Å². The third kappa shape index (κ3) is 11.0. The van der Waals surface area contributed by atoms with Crippen LogP contribution in [-0.4, -0.2) is 76.4 Å². The van der Waals surface area contributed by atoms with Gasteiger partial charge in [0.25, 0.3) is 0 Å². The van der Waals surface area contributed by atoms with E-state index in [0.717, 1.165) is 16.3 Å². The Hall–Kier alpha value is -4.19. The molecule has 3 unspecified atom stereocenters. The number of nitrogens with one attached hydrogen (secondary N) is 4. The molecule has 2 rings (SSSR count). The van der Waals surface area contributed by atoms with E-state index in [9.17, 15) is 29.1 Å². The summed E-state index contributed by atoms with van der Waals surface area (Å²) in [6.07, 6.45) is 0.583. The number of amides is 3. The summed E-state index contributed by atoms with van der Waals surface area (Å²) in [7, 11) is 0. The highest BCUT2D eigenvalue weighted by atomic mass is 16.4. The second kappa shape index (κ2) is 15.9. The fourth-order valence-electron chi connectivity index (χ4n) is 4.05. The van der Waals surface area contributed by atoms with E-state index in [1.165, 1.54) is 0 Å². The predicted molar refractivity (Wildman–Crippen MR) is 143 cm³/mol. The number of likely N-dealkylation sites (N-methyl/N-ethyl adjacent to an activating group) is 1. The van der Waals surface area contributed by atoms with Crippen molar-refractivity contribution in [2.24, 2.45) is 0 Å². The monoisotopic (exact) mass is 544 g/mol. The van der Waals surface area contributed by atoms with Gasteiger partial charge >= 0.3 is 23.9 Å². The average molecular weight is 545 g/mol. The van der Waals surface area contributed by atoms with Crippen LogP contribution in [0.4, 0.5) is 4.79 Å². The zero-order chi connectivity index (χ0) is 28.8.